The van der Waals surface area contributed by atoms with Gasteiger partial charge in [-0.25, -0.2) is 4.39 Å². The first kappa shape index (κ1) is 24.6. The van der Waals surface area contributed by atoms with Crippen molar-refractivity contribution in [1.82, 2.24) is 4.90 Å². The van der Waals surface area contributed by atoms with Gasteiger partial charge in [-0.05, 0) is 65.9 Å². The van der Waals surface area contributed by atoms with Crippen LogP contribution in [0.1, 0.15) is 11.1 Å². The summed E-state index contributed by atoms with van der Waals surface area (Å²) >= 11 is 6.71. The molecule has 3 aromatic carbocycles. The number of nitrogens with zero attached hydrogens (tertiary/aromatic N) is 1. The fourth-order valence-corrected chi connectivity index (χ4v) is 4.30. The van der Waals surface area contributed by atoms with Crippen molar-refractivity contribution in [2.24, 2.45) is 0 Å². The zero-order chi connectivity index (χ0) is 24.8. The monoisotopic (exact) mass is 513 g/mol. The average molecular weight is 514 g/mol. The fourth-order valence-electron chi connectivity index (χ4n) is 3.32. The highest BCUT2D eigenvalue weighted by Gasteiger charge is 2.35. The Morgan fingerprint density at radius 2 is 1.74 bits per heavy atom. The van der Waals surface area contributed by atoms with E-state index in [0.29, 0.717) is 27.8 Å². The van der Waals surface area contributed by atoms with Gasteiger partial charge in [0.2, 0.25) is 0 Å². The highest BCUT2D eigenvalue weighted by atomic mass is 35.5. The lowest BCUT2D eigenvalue weighted by atomic mass is 10.1. The van der Waals surface area contributed by atoms with Crippen LogP contribution in [0.3, 0.4) is 0 Å². The van der Waals surface area contributed by atoms with Crippen molar-refractivity contribution in [2.75, 3.05) is 20.3 Å². The van der Waals surface area contributed by atoms with E-state index >= 15 is 0 Å². The van der Waals surface area contributed by atoms with Gasteiger partial charge in [-0.2, -0.15) is 0 Å². The second-order valence-electron chi connectivity index (χ2n) is 7.43. The molecule has 1 saturated heterocycles. The molecular weight excluding hydrogens is 493 g/mol. The molecule has 0 unspecified atom stereocenters. The van der Waals surface area contributed by atoms with E-state index < -0.39 is 5.91 Å². The predicted molar refractivity (Wildman–Crippen MR) is 133 cm³/mol. The third-order valence-electron chi connectivity index (χ3n) is 5.08. The largest absolute Gasteiger partial charge is 0.493 e. The summed E-state index contributed by atoms with van der Waals surface area (Å²) in [5, 5.41) is 0.213. The molecule has 1 fully saturated rings. The lowest BCUT2D eigenvalue weighted by Gasteiger charge is -2.14. The minimum atomic E-state index is -0.410. The third-order valence-corrected chi connectivity index (χ3v) is 6.24. The number of hydrogen-bond donors (Lipinski definition) is 0. The van der Waals surface area contributed by atoms with Gasteiger partial charge in [-0.1, -0.05) is 35.9 Å². The molecule has 4 rings (SSSR count). The van der Waals surface area contributed by atoms with E-state index in [4.69, 9.17) is 25.8 Å². The molecule has 0 spiro atoms. The molecule has 0 aromatic heterocycles. The van der Waals surface area contributed by atoms with Crippen LogP contribution in [0.2, 0.25) is 5.02 Å². The van der Waals surface area contributed by atoms with Crippen LogP contribution >= 0.6 is 23.4 Å². The number of carbonyl (C=O) groups is 2. The Bertz CT molecular complexity index is 1250. The van der Waals surface area contributed by atoms with Gasteiger partial charge in [0.15, 0.2) is 11.5 Å². The van der Waals surface area contributed by atoms with Crippen LogP contribution in [-0.4, -0.2) is 36.3 Å². The van der Waals surface area contributed by atoms with Gasteiger partial charge < -0.3 is 14.2 Å². The number of halogens is 2. The number of benzene rings is 3. The average Bonchev–Trinajstić information content (AvgIpc) is 3.12. The van der Waals surface area contributed by atoms with E-state index in [9.17, 15) is 14.0 Å². The summed E-state index contributed by atoms with van der Waals surface area (Å²) in [7, 11) is 1.51. The molecule has 3 aromatic rings. The van der Waals surface area contributed by atoms with Crippen molar-refractivity contribution in [1.29, 1.82) is 0 Å². The summed E-state index contributed by atoms with van der Waals surface area (Å²) < 4.78 is 30.2. The van der Waals surface area contributed by atoms with Crippen LogP contribution in [-0.2, 0) is 11.4 Å². The maximum atomic E-state index is 13.2. The first-order valence-corrected chi connectivity index (χ1v) is 11.8. The Morgan fingerprint density at radius 1 is 1.00 bits per heavy atom. The first-order valence-electron chi connectivity index (χ1n) is 10.6. The number of ether oxygens (including phenoxy) is 3. The fraction of sp³-hybridized carbons (Fsp3) is 0.154. The molecule has 1 aliphatic heterocycles. The minimum absolute atomic E-state index is 0.108. The number of methoxy groups -OCH3 is 1. The van der Waals surface area contributed by atoms with Crippen molar-refractivity contribution >= 4 is 40.6 Å². The summed E-state index contributed by atoms with van der Waals surface area (Å²) in [5.41, 5.74) is 1.35. The molecule has 1 heterocycles. The predicted octanol–water partition coefficient (Wildman–Crippen LogP) is 6.18. The lowest BCUT2D eigenvalue weighted by molar-refractivity contribution is -0.123. The molecule has 180 valence electrons. The van der Waals surface area contributed by atoms with Gasteiger partial charge in [0.05, 0.1) is 18.6 Å². The van der Waals surface area contributed by atoms with Crippen LogP contribution in [0.4, 0.5) is 9.18 Å². The van der Waals surface area contributed by atoms with Crippen LogP contribution in [0.5, 0.6) is 17.2 Å². The summed E-state index contributed by atoms with van der Waals surface area (Å²) in [6.45, 7) is 0.430. The van der Waals surface area contributed by atoms with Crippen molar-refractivity contribution in [3.8, 4) is 17.2 Å². The van der Waals surface area contributed by atoms with Crippen molar-refractivity contribution < 1.29 is 28.2 Å². The van der Waals surface area contributed by atoms with E-state index in [1.807, 2.05) is 0 Å². The van der Waals surface area contributed by atoms with Crippen LogP contribution < -0.4 is 14.2 Å². The van der Waals surface area contributed by atoms with Gasteiger partial charge in [-0.3, -0.25) is 14.5 Å². The van der Waals surface area contributed by atoms with Crippen molar-refractivity contribution in [3.05, 3.63) is 93.6 Å². The number of thioether (sulfide) groups is 1. The first-order chi connectivity index (χ1) is 16.9. The molecule has 0 bridgehead atoms. The molecule has 0 radical (unpaired) electrons. The maximum absolute atomic E-state index is 13.2. The summed E-state index contributed by atoms with van der Waals surface area (Å²) in [4.78, 5) is 26.8. The van der Waals surface area contributed by atoms with Gasteiger partial charge in [0, 0.05) is 10.6 Å². The third kappa shape index (κ3) is 6.15. The van der Waals surface area contributed by atoms with E-state index in [1.165, 1.54) is 19.2 Å². The van der Waals surface area contributed by atoms with Crippen LogP contribution in [0, 0.1) is 5.82 Å². The molecule has 0 saturated carbocycles. The molecule has 0 atom stereocenters. The van der Waals surface area contributed by atoms with E-state index in [1.54, 1.807) is 60.7 Å². The van der Waals surface area contributed by atoms with Gasteiger partial charge >= 0.3 is 0 Å². The second kappa shape index (κ2) is 11.3. The highest BCUT2D eigenvalue weighted by molar-refractivity contribution is 8.18. The second-order valence-corrected chi connectivity index (χ2v) is 8.86. The van der Waals surface area contributed by atoms with Gasteiger partial charge in [0.25, 0.3) is 11.1 Å². The Kier molecular flexibility index (Phi) is 7.94. The number of hydrogen-bond acceptors (Lipinski definition) is 6. The van der Waals surface area contributed by atoms with Crippen molar-refractivity contribution in [2.45, 2.75) is 6.61 Å². The van der Waals surface area contributed by atoms with Crippen LogP contribution in [0.25, 0.3) is 6.08 Å². The molecule has 0 N–H and O–H groups in total. The summed E-state index contributed by atoms with van der Waals surface area (Å²) in [6.07, 6.45) is 1.60. The topological polar surface area (TPSA) is 65.1 Å². The maximum Gasteiger partial charge on any atom is 0.293 e. The molecule has 1 aliphatic rings. The van der Waals surface area contributed by atoms with Gasteiger partial charge in [-0.15, -0.1) is 0 Å². The zero-order valence-corrected chi connectivity index (χ0v) is 20.3. The molecule has 2 amide bonds. The number of rotatable bonds is 9. The highest BCUT2D eigenvalue weighted by Crippen LogP contribution is 2.37. The van der Waals surface area contributed by atoms with E-state index in [2.05, 4.69) is 0 Å². The summed E-state index contributed by atoms with van der Waals surface area (Å²) in [6, 6.07) is 18.1. The van der Waals surface area contributed by atoms with E-state index in [-0.39, 0.29) is 35.7 Å². The molecule has 9 heteroatoms. The molecule has 6 nitrogen and oxygen atoms in total. The van der Waals surface area contributed by atoms with Gasteiger partial charge in [0.1, 0.15) is 24.8 Å². The Labute approximate surface area is 211 Å². The number of imide groups is 1. The smallest absolute Gasteiger partial charge is 0.293 e. The Balaban J connectivity index is 1.47. The summed E-state index contributed by atoms with van der Waals surface area (Å²) in [5.74, 6) is 0.734. The van der Waals surface area contributed by atoms with Crippen LogP contribution in [0.15, 0.2) is 71.6 Å². The van der Waals surface area contributed by atoms with E-state index in [0.717, 1.165) is 22.2 Å². The molecule has 35 heavy (non-hydrogen) atoms. The number of amides is 2. The standard InChI is InChI=1S/C26H21ClFNO5S/c1-32-22-4-2-3-18(24(22)34-16-17-5-9-20(28)10-6-17)15-23-25(30)29(26(31)35-23)13-14-33-21-11-7-19(27)8-12-21/h2-12,15H,13-14,16H2,1H3/b23-15-. The molecule has 0 aliphatic carbocycles. The Morgan fingerprint density at radius 3 is 2.46 bits per heavy atom. The Hall–Kier alpha value is -3.49. The number of para-hydroxylation sites is 1. The lowest BCUT2D eigenvalue weighted by Crippen LogP contribution is -2.32. The zero-order valence-electron chi connectivity index (χ0n) is 18.7. The number of carbonyl (C=O) groups excluding carboxylic acids is 2. The molecular formula is C26H21ClFNO5S. The normalized spacial score (nSPS) is 14.5. The quantitative estimate of drug-likeness (QED) is 0.318. The SMILES string of the molecule is COc1cccc(/C=C2\SC(=O)N(CCOc3ccc(Cl)cc3)C2=O)c1OCc1ccc(F)cc1. The van der Waals surface area contributed by atoms with Crippen molar-refractivity contribution in [3.63, 3.8) is 0 Å². The minimum Gasteiger partial charge on any atom is -0.493 e.